The van der Waals surface area contributed by atoms with E-state index in [0.29, 0.717) is 25.7 Å². The third-order valence-corrected chi connectivity index (χ3v) is 4.61. The van der Waals surface area contributed by atoms with Gasteiger partial charge in [-0.25, -0.2) is 9.98 Å². The van der Waals surface area contributed by atoms with Crippen LogP contribution < -0.4 is 20.1 Å². The fourth-order valence-corrected chi connectivity index (χ4v) is 3.17. The van der Waals surface area contributed by atoms with Crippen LogP contribution in [0.4, 0.5) is 5.69 Å². The highest BCUT2D eigenvalue weighted by molar-refractivity contribution is 5.94. The van der Waals surface area contributed by atoms with Crippen LogP contribution in [-0.4, -0.2) is 35.3 Å². The van der Waals surface area contributed by atoms with Gasteiger partial charge in [0.2, 0.25) is 0 Å². The first kappa shape index (κ1) is 18.2. The molecule has 2 N–H and O–H groups in total. The van der Waals surface area contributed by atoms with E-state index in [0.717, 1.165) is 47.0 Å². The van der Waals surface area contributed by atoms with Crippen LogP contribution in [0.25, 0.3) is 11.0 Å². The summed E-state index contributed by atoms with van der Waals surface area (Å²) in [6.07, 6.45) is 0.888. The molecule has 0 atom stereocenters. The highest BCUT2D eigenvalue weighted by Gasteiger charge is 2.12. The molecule has 7 heteroatoms. The number of anilines is 1. The zero-order valence-electron chi connectivity index (χ0n) is 16.2. The zero-order valence-corrected chi connectivity index (χ0v) is 16.2. The Morgan fingerprint density at radius 3 is 2.79 bits per heavy atom. The molecule has 2 aromatic carbocycles. The van der Waals surface area contributed by atoms with Gasteiger partial charge in [-0.1, -0.05) is 12.1 Å². The van der Waals surface area contributed by atoms with Gasteiger partial charge in [0.1, 0.15) is 12.4 Å². The fraction of sp³-hybridized carbons (Fsp3) is 0.333. The molecule has 0 saturated heterocycles. The van der Waals surface area contributed by atoms with Crippen LogP contribution in [0.2, 0.25) is 0 Å². The normalized spacial score (nSPS) is 14.0. The number of nitrogens with zero attached hydrogens (tertiary/aromatic N) is 3. The smallest absolute Gasteiger partial charge is 0.196 e. The molecule has 1 aliphatic heterocycles. The van der Waals surface area contributed by atoms with Gasteiger partial charge in [0, 0.05) is 31.8 Å². The Kier molecular flexibility index (Phi) is 5.32. The predicted octanol–water partition coefficient (Wildman–Crippen LogP) is 3.31. The predicted molar refractivity (Wildman–Crippen MR) is 111 cm³/mol. The molecule has 0 unspecified atom stereocenters. The lowest BCUT2D eigenvalue weighted by atomic mass is 10.3. The third-order valence-electron chi connectivity index (χ3n) is 4.61. The Hall–Kier alpha value is -3.22. The molecule has 0 aliphatic carbocycles. The number of benzene rings is 2. The largest absolute Gasteiger partial charge is 0.490 e. The Balaban J connectivity index is 1.53. The Bertz CT molecular complexity index is 996. The van der Waals surface area contributed by atoms with E-state index < -0.39 is 0 Å². The van der Waals surface area contributed by atoms with E-state index in [1.165, 1.54) is 0 Å². The number of fused-ring (bicyclic) bond motifs is 2. The first-order valence-corrected chi connectivity index (χ1v) is 9.60. The molecule has 0 radical (unpaired) electrons. The summed E-state index contributed by atoms with van der Waals surface area (Å²) < 4.78 is 13.5. The fourth-order valence-electron chi connectivity index (χ4n) is 3.17. The molecule has 28 heavy (non-hydrogen) atoms. The third kappa shape index (κ3) is 3.88. The van der Waals surface area contributed by atoms with Crippen LogP contribution in [0.1, 0.15) is 19.2 Å². The first-order chi connectivity index (χ1) is 13.7. The highest BCUT2D eigenvalue weighted by atomic mass is 16.5. The molecule has 0 spiro atoms. The van der Waals surface area contributed by atoms with E-state index >= 15 is 0 Å². The summed E-state index contributed by atoms with van der Waals surface area (Å²) in [6, 6.07) is 13.9. The van der Waals surface area contributed by atoms with Gasteiger partial charge in [0.15, 0.2) is 17.5 Å². The lowest BCUT2D eigenvalue weighted by Crippen LogP contribution is -2.30. The summed E-state index contributed by atoms with van der Waals surface area (Å²) in [4.78, 5) is 9.39. The SMILES string of the molecule is CCNC(=NCc1nc2ccccc2n1C)Nc1ccc2c(c1)OCCCO2. The van der Waals surface area contributed by atoms with Crippen LogP contribution in [0.3, 0.4) is 0 Å². The Labute approximate surface area is 164 Å². The molecule has 1 aliphatic rings. The zero-order chi connectivity index (χ0) is 19.3. The summed E-state index contributed by atoms with van der Waals surface area (Å²) in [5, 5.41) is 6.62. The summed E-state index contributed by atoms with van der Waals surface area (Å²) >= 11 is 0. The number of nitrogens with one attached hydrogen (secondary N) is 2. The van der Waals surface area contributed by atoms with Crippen LogP contribution in [-0.2, 0) is 13.6 Å². The van der Waals surface area contributed by atoms with Crippen molar-refractivity contribution in [3.8, 4) is 11.5 Å². The number of rotatable bonds is 4. The van der Waals surface area contributed by atoms with E-state index in [9.17, 15) is 0 Å². The second-order valence-electron chi connectivity index (χ2n) is 6.61. The number of ether oxygens (including phenoxy) is 2. The van der Waals surface area contributed by atoms with Crippen LogP contribution in [0, 0.1) is 0 Å². The number of aryl methyl sites for hydroxylation is 1. The van der Waals surface area contributed by atoms with Crippen molar-refractivity contribution in [2.24, 2.45) is 12.0 Å². The van der Waals surface area contributed by atoms with Crippen molar-refractivity contribution in [3.63, 3.8) is 0 Å². The van der Waals surface area contributed by atoms with E-state index in [2.05, 4.69) is 26.3 Å². The monoisotopic (exact) mass is 379 g/mol. The number of hydrogen-bond donors (Lipinski definition) is 2. The maximum absolute atomic E-state index is 5.77. The summed E-state index contributed by atoms with van der Waals surface area (Å²) in [5.74, 6) is 3.15. The quantitative estimate of drug-likeness (QED) is 0.537. The van der Waals surface area contributed by atoms with E-state index in [4.69, 9.17) is 14.5 Å². The molecule has 146 valence electrons. The maximum Gasteiger partial charge on any atom is 0.196 e. The lowest BCUT2D eigenvalue weighted by Gasteiger charge is -2.13. The second kappa shape index (κ2) is 8.21. The number of guanidine groups is 1. The maximum atomic E-state index is 5.77. The van der Waals surface area contributed by atoms with Gasteiger partial charge < -0.3 is 24.7 Å². The van der Waals surface area contributed by atoms with Gasteiger partial charge in [0.05, 0.1) is 24.2 Å². The summed E-state index contributed by atoms with van der Waals surface area (Å²) in [7, 11) is 2.02. The molecule has 0 fully saturated rings. The Morgan fingerprint density at radius 2 is 1.96 bits per heavy atom. The van der Waals surface area contributed by atoms with Crippen molar-refractivity contribution in [3.05, 3.63) is 48.3 Å². The average molecular weight is 379 g/mol. The summed E-state index contributed by atoms with van der Waals surface area (Å²) in [5.41, 5.74) is 2.98. The Morgan fingerprint density at radius 1 is 1.14 bits per heavy atom. The van der Waals surface area contributed by atoms with Gasteiger partial charge in [0.25, 0.3) is 0 Å². The van der Waals surface area contributed by atoms with Gasteiger partial charge in [-0.15, -0.1) is 0 Å². The molecule has 3 aromatic rings. The van der Waals surface area contributed by atoms with E-state index in [1.807, 2.05) is 50.4 Å². The molecule has 1 aromatic heterocycles. The minimum Gasteiger partial charge on any atom is -0.490 e. The van der Waals surface area contributed by atoms with Crippen molar-refractivity contribution in [2.75, 3.05) is 25.1 Å². The van der Waals surface area contributed by atoms with Gasteiger partial charge >= 0.3 is 0 Å². The second-order valence-corrected chi connectivity index (χ2v) is 6.61. The lowest BCUT2D eigenvalue weighted by molar-refractivity contribution is 0.297. The molecule has 2 heterocycles. The van der Waals surface area contributed by atoms with E-state index in [-0.39, 0.29) is 0 Å². The molecule has 0 bridgehead atoms. The minimum atomic E-state index is 0.477. The first-order valence-electron chi connectivity index (χ1n) is 9.60. The molecular formula is C21H25N5O2. The molecule has 0 saturated carbocycles. The molecule has 0 amide bonds. The van der Waals surface area contributed by atoms with Gasteiger partial charge in [-0.3, -0.25) is 0 Å². The highest BCUT2D eigenvalue weighted by Crippen LogP contribution is 2.32. The average Bonchev–Trinajstić information content (AvgIpc) is 2.88. The van der Waals surface area contributed by atoms with Crippen LogP contribution >= 0.6 is 0 Å². The number of imidazole rings is 1. The van der Waals surface area contributed by atoms with Crippen molar-refractivity contribution >= 4 is 22.7 Å². The van der Waals surface area contributed by atoms with Crippen LogP contribution in [0.5, 0.6) is 11.5 Å². The number of hydrogen-bond acceptors (Lipinski definition) is 4. The number of para-hydroxylation sites is 2. The number of aliphatic imine (C=N–C) groups is 1. The van der Waals surface area contributed by atoms with Crippen molar-refractivity contribution in [2.45, 2.75) is 19.9 Å². The van der Waals surface area contributed by atoms with E-state index in [1.54, 1.807) is 0 Å². The standard InChI is InChI=1S/C21H25N5O2/c1-3-22-21(23-14-20-25-16-7-4-5-8-17(16)26(20)2)24-15-9-10-18-19(13-15)28-12-6-11-27-18/h4-5,7-10,13H,3,6,11-12,14H2,1-2H3,(H2,22,23,24). The van der Waals surface area contributed by atoms with Crippen molar-refractivity contribution in [1.82, 2.24) is 14.9 Å². The van der Waals surface area contributed by atoms with Crippen molar-refractivity contribution in [1.29, 1.82) is 0 Å². The minimum absolute atomic E-state index is 0.477. The van der Waals surface area contributed by atoms with Gasteiger partial charge in [-0.05, 0) is 31.2 Å². The number of aromatic nitrogens is 2. The van der Waals surface area contributed by atoms with Gasteiger partial charge in [-0.2, -0.15) is 0 Å². The molecule has 4 rings (SSSR count). The molecule has 7 nitrogen and oxygen atoms in total. The molecular weight excluding hydrogens is 354 g/mol. The topological polar surface area (TPSA) is 72.7 Å². The summed E-state index contributed by atoms with van der Waals surface area (Å²) in [6.45, 7) is 4.63. The van der Waals surface area contributed by atoms with Crippen molar-refractivity contribution < 1.29 is 9.47 Å². The van der Waals surface area contributed by atoms with Crippen LogP contribution in [0.15, 0.2) is 47.5 Å².